The van der Waals surface area contributed by atoms with Gasteiger partial charge in [-0.25, -0.2) is 9.59 Å². The minimum atomic E-state index is -1.11. The van der Waals surface area contributed by atoms with E-state index in [1.54, 1.807) is 13.0 Å². The Kier molecular flexibility index (Phi) is 5.38. The zero-order chi connectivity index (χ0) is 14.4. The van der Waals surface area contributed by atoms with Gasteiger partial charge in [-0.15, -0.1) is 0 Å². The van der Waals surface area contributed by atoms with Crippen LogP contribution in [-0.2, 0) is 9.59 Å². The van der Waals surface area contributed by atoms with E-state index in [-0.39, 0.29) is 5.75 Å². The molecule has 1 aromatic rings. The lowest BCUT2D eigenvalue weighted by Gasteiger charge is -2.15. The summed E-state index contributed by atoms with van der Waals surface area (Å²) in [5.74, 6) is -1.92. The summed E-state index contributed by atoms with van der Waals surface area (Å²) in [6, 6.07) is 4.56. The number of benzene rings is 1. The van der Waals surface area contributed by atoms with Crippen LogP contribution in [0.1, 0.15) is 18.9 Å². The average molecular weight is 285 g/mol. The third kappa shape index (κ3) is 4.63. The summed E-state index contributed by atoms with van der Waals surface area (Å²) in [6.45, 7) is 1.68. The molecule has 1 aromatic carbocycles. The number of carboxylic acid groups (broad SMARTS) is 2. The maximum Gasteiger partial charge on any atom is 0.344 e. The lowest BCUT2D eigenvalue weighted by molar-refractivity contribution is -0.145. The normalized spacial score (nSPS) is 12.3. The van der Waals surface area contributed by atoms with E-state index in [1.165, 1.54) is 18.2 Å². The summed E-state index contributed by atoms with van der Waals surface area (Å²) in [7, 11) is 0. The van der Waals surface area contributed by atoms with Crippen molar-refractivity contribution in [2.45, 2.75) is 19.4 Å². The molecular weight excluding hydrogens is 272 g/mol. The zero-order valence-corrected chi connectivity index (χ0v) is 10.9. The smallest absolute Gasteiger partial charge is 0.344 e. The van der Waals surface area contributed by atoms with Crippen molar-refractivity contribution in [1.82, 2.24) is 0 Å². The number of aliphatic carboxylic acids is 2. The molecule has 102 valence electrons. The van der Waals surface area contributed by atoms with Crippen LogP contribution in [0.25, 0.3) is 6.08 Å². The number of carbonyl (C=O) groups is 2. The summed E-state index contributed by atoms with van der Waals surface area (Å²) < 4.78 is 5.34. The molecule has 0 aliphatic heterocycles. The van der Waals surface area contributed by atoms with E-state index >= 15 is 0 Å². The first-order valence-corrected chi connectivity index (χ1v) is 5.91. The molecule has 0 fully saturated rings. The third-order valence-electron chi connectivity index (χ3n) is 2.29. The van der Waals surface area contributed by atoms with Crippen LogP contribution in [0, 0.1) is 0 Å². The van der Waals surface area contributed by atoms with E-state index in [4.69, 9.17) is 26.6 Å². The zero-order valence-electron chi connectivity index (χ0n) is 10.2. The van der Waals surface area contributed by atoms with E-state index in [2.05, 4.69) is 0 Å². The summed E-state index contributed by atoms with van der Waals surface area (Å²) in [6.07, 6.45) is 1.54. The molecular formula is C13H13ClO5. The molecule has 2 N–H and O–H groups in total. The van der Waals surface area contributed by atoms with Crippen LogP contribution < -0.4 is 4.74 Å². The maximum absolute atomic E-state index is 10.9. The second kappa shape index (κ2) is 6.80. The number of rotatable bonds is 6. The Morgan fingerprint density at radius 2 is 2.11 bits per heavy atom. The molecule has 6 heteroatoms. The third-order valence-corrected chi connectivity index (χ3v) is 2.53. The van der Waals surface area contributed by atoms with Gasteiger partial charge in [-0.2, -0.15) is 0 Å². The molecule has 0 heterocycles. The molecule has 1 atom stereocenters. The van der Waals surface area contributed by atoms with Gasteiger partial charge in [0.05, 0.1) is 0 Å². The van der Waals surface area contributed by atoms with Crippen LogP contribution in [0.4, 0.5) is 0 Å². The highest BCUT2D eigenvalue weighted by Crippen LogP contribution is 2.25. The molecule has 1 unspecified atom stereocenters. The molecule has 0 aromatic heterocycles. The molecule has 0 radical (unpaired) electrons. The Hall–Kier alpha value is -2.01. The van der Waals surface area contributed by atoms with Crippen LogP contribution in [-0.4, -0.2) is 28.3 Å². The van der Waals surface area contributed by atoms with Gasteiger partial charge in [-0.05, 0) is 30.7 Å². The fourth-order valence-corrected chi connectivity index (χ4v) is 1.56. The van der Waals surface area contributed by atoms with E-state index in [0.717, 1.165) is 6.08 Å². The van der Waals surface area contributed by atoms with Gasteiger partial charge in [0, 0.05) is 16.7 Å². The molecule has 0 aliphatic carbocycles. The maximum atomic E-state index is 10.9. The summed E-state index contributed by atoms with van der Waals surface area (Å²) >= 11 is 5.81. The second-order valence-corrected chi connectivity index (χ2v) is 4.14. The molecule has 0 saturated heterocycles. The fourth-order valence-electron chi connectivity index (χ4n) is 1.38. The minimum Gasteiger partial charge on any atom is -0.479 e. The van der Waals surface area contributed by atoms with Gasteiger partial charge in [0.2, 0.25) is 0 Å². The van der Waals surface area contributed by atoms with Crippen LogP contribution >= 0.6 is 11.6 Å². The highest BCUT2D eigenvalue weighted by atomic mass is 35.5. The van der Waals surface area contributed by atoms with Gasteiger partial charge in [-0.3, -0.25) is 0 Å². The van der Waals surface area contributed by atoms with Crippen molar-refractivity contribution >= 4 is 29.6 Å². The van der Waals surface area contributed by atoms with Crippen molar-refractivity contribution in [2.75, 3.05) is 0 Å². The number of ether oxygens (including phenoxy) is 1. The first-order chi connectivity index (χ1) is 8.93. The Morgan fingerprint density at radius 3 is 2.63 bits per heavy atom. The topological polar surface area (TPSA) is 83.8 Å². The lowest BCUT2D eigenvalue weighted by Crippen LogP contribution is -2.26. The van der Waals surface area contributed by atoms with Crippen molar-refractivity contribution < 1.29 is 24.5 Å². The Bertz CT molecular complexity index is 510. The van der Waals surface area contributed by atoms with Gasteiger partial charge >= 0.3 is 11.9 Å². The first-order valence-electron chi connectivity index (χ1n) is 5.54. The van der Waals surface area contributed by atoms with Gasteiger partial charge in [0.15, 0.2) is 6.10 Å². The molecule has 19 heavy (non-hydrogen) atoms. The summed E-state index contributed by atoms with van der Waals surface area (Å²) in [4.78, 5) is 21.4. The first kappa shape index (κ1) is 15.0. The number of halogens is 1. The van der Waals surface area contributed by atoms with Crippen molar-refractivity contribution in [1.29, 1.82) is 0 Å². The average Bonchev–Trinajstić information content (AvgIpc) is 2.34. The van der Waals surface area contributed by atoms with Crippen molar-refractivity contribution in [3.05, 3.63) is 34.9 Å². The van der Waals surface area contributed by atoms with E-state index in [0.29, 0.717) is 17.0 Å². The summed E-state index contributed by atoms with van der Waals surface area (Å²) in [5.41, 5.74) is 0.412. The Balaban J connectivity index is 3.05. The van der Waals surface area contributed by atoms with Crippen molar-refractivity contribution in [2.24, 2.45) is 0 Å². The van der Waals surface area contributed by atoms with E-state index in [9.17, 15) is 9.59 Å². The van der Waals surface area contributed by atoms with Gasteiger partial charge in [-0.1, -0.05) is 18.5 Å². The van der Waals surface area contributed by atoms with Crippen LogP contribution in [0.5, 0.6) is 5.75 Å². The van der Waals surface area contributed by atoms with E-state index in [1.807, 2.05) is 0 Å². The summed E-state index contributed by atoms with van der Waals surface area (Å²) in [5, 5.41) is 17.9. The van der Waals surface area contributed by atoms with Gasteiger partial charge in [0.1, 0.15) is 5.75 Å². The van der Waals surface area contributed by atoms with Crippen molar-refractivity contribution in [3.8, 4) is 5.75 Å². The lowest BCUT2D eigenvalue weighted by atomic mass is 10.1. The number of carboxylic acids is 2. The molecule has 0 bridgehead atoms. The molecule has 0 spiro atoms. The number of hydrogen-bond donors (Lipinski definition) is 2. The van der Waals surface area contributed by atoms with Crippen LogP contribution in [0.2, 0.25) is 5.02 Å². The molecule has 5 nitrogen and oxygen atoms in total. The SMILES string of the molecule is CCC(Oc1ccc(Cl)cc1C=CC(=O)O)C(=O)O. The minimum absolute atomic E-state index is 0.274. The molecule has 0 amide bonds. The Morgan fingerprint density at radius 1 is 1.42 bits per heavy atom. The predicted molar refractivity (Wildman–Crippen MR) is 70.5 cm³/mol. The fraction of sp³-hybridized carbons (Fsp3) is 0.231. The predicted octanol–water partition coefficient (Wildman–Crippen LogP) is 2.68. The van der Waals surface area contributed by atoms with Gasteiger partial charge < -0.3 is 14.9 Å². The Labute approximate surface area is 115 Å². The second-order valence-electron chi connectivity index (χ2n) is 3.71. The quantitative estimate of drug-likeness (QED) is 0.785. The van der Waals surface area contributed by atoms with E-state index < -0.39 is 18.0 Å². The standard InChI is InChI=1S/C13H13ClO5/c1-2-10(13(17)18)19-11-5-4-9(14)7-8(11)3-6-12(15)16/h3-7,10H,2H2,1H3,(H,15,16)(H,17,18). The van der Waals surface area contributed by atoms with Gasteiger partial charge in [0.25, 0.3) is 0 Å². The van der Waals surface area contributed by atoms with Crippen LogP contribution in [0.3, 0.4) is 0 Å². The molecule has 0 saturated carbocycles. The van der Waals surface area contributed by atoms with Crippen LogP contribution in [0.15, 0.2) is 24.3 Å². The highest BCUT2D eigenvalue weighted by Gasteiger charge is 2.18. The number of hydrogen-bond acceptors (Lipinski definition) is 3. The van der Waals surface area contributed by atoms with Crippen molar-refractivity contribution in [3.63, 3.8) is 0 Å². The largest absolute Gasteiger partial charge is 0.479 e. The highest BCUT2D eigenvalue weighted by molar-refractivity contribution is 6.30. The molecule has 0 aliphatic rings. The molecule has 1 rings (SSSR count). The monoisotopic (exact) mass is 284 g/mol.